The molecular weight excluding hydrogens is 230 g/mol. The van der Waals surface area contributed by atoms with E-state index in [-0.39, 0.29) is 11.3 Å². The first-order valence-electron chi connectivity index (χ1n) is 6.27. The average Bonchev–Trinajstić information content (AvgIpc) is 2.34. The molecule has 0 fully saturated rings. The lowest BCUT2D eigenvalue weighted by molar-refractivity contribution is 0.531. The molecule has 0 heterocycles. The van der Waals surface area contributed by atoms with Crippen LogP contribution in [0.3, 0.4) is 0 Å². The molecular formula is C14H23NOS. The molecule has 0 saturated heterocycles. The van der Waals surface area contributed by atoms with Crippen LogP contribution in [-0.2, 0) is 10.8 Å². The van der Waals surface area contributed by atoms with E-state index in [2.05, 4.69) is 26.1 Å². The summed E-state index contributed by atoms with van der Waals surface area (Å²) in [6.45, 7) is 9.30. The molecule has 3 atom stereocenters. The Hall–Kier alpha value is -0.670. The molecule has 0 aliphatic carbocycles. The zero-order valence-electron chi connectivity index (χ0n) is 11.2. The van der Waals surface area contributed by atoms with Crippen LogP contribution in [0, 0.1) is 6.92 Å². The molecule has 0 bridgehead atoms. The fourth-order valence-corrected chi connectivity index (χ4v) is 3.17. The maximum atomic E-state index is 12.4. The highest BCUT2D eigenvalue weighted by Crippen LogP contribution is 2.17. The Morgan fingerprint density at radius 2 is 1.94 bits per heavy atom. The highest BCUT2D eigenvalue weighted by atomic mass is 32.2. The van der Waals surface area contributed by atoms with E-state index in [0.29, 0.717) is 0 Å². The minimum atomic E-state index is -0.936. The third-order valence-corrected chi connectivity index (χ3v) is 5.04. The molecule has 0 radical (unpaired) electrons. The van der Waals surface area contributed by atoms with Crippen molar-refractivity contribution in [1.82, 2.24) is 5.32 Å². The molecule has 0 saturated carbocycles. The third kappa shape index (κ3) is 3.93. The van der Waals surface area contributed by atoms with Crippen molar-refractivity contribution in [3.05, 3.63) is 29.8 Å². The van der Waals surface area contributed by atoms with Gasteiger partial charge in [-0.1, -0.05) is 25.1 Å². The second-order valence-electron chi connectivity index (χ2n) is 4.51. The third-order valence-electron chi connectivity index (χ3n) is 3.07. The standard InChI is InChI=1S/C14H23NOS/c1-5-10-15-12(3)13(4)17(16)14-9-7-6-8-11(14)2/h6-9,12-13,15H,5,10H2,1-4H3. The van der Waals surface area contributed by atoms with Gasteiger partial charge in [0.15, 0.2) is 0 Å². The molecule has 3 heteroatoms. The summed E-state index contributed by atoms with van der Waals surface area (Å²) in [4.78, 5) is 0.963. The van der Waals surface area contributed by atoms with E-state index < -0.39 is 10.8 Å². The van der Waals surface area contributed by atoms with Gasteiger partial charge in [0, 0.05) is 10.9 Å². The minimum Gasteiger partial charge on any atom is -0.313 e. The zero-order valence-corrected chi connectivity index (χ0v) is 12.0. The minimum absolute atomic E-state index is 0.127. The molecule has 0 aliphatic rings. The second-order valence-corrected chi connectivity index (χ2v) is 6.29. The quantitative estimate of drug-likeness (QED) is 0.844. The van der Waals surface area contributed by atoms with Crippen molar-refractivity contribution in [3.8, 4) is 0 Å². The van der Waals surface area contributed by atoms with Crippen molar-refractivity contribution in [2.75, 3.05) is 6.54 Å². The lowest BCUT2D eigenvalue weighted by Crippen LogP contribution is -2.38. The number of nitrogens with one attached hydrogen (secondary N) is 1. The van der Waals surface area contributed by atoms with Gasteiger partial charge in [-0.2, -0.15) is 0 Å². The number of aryl methyl sites for hydroxylation is 1. The molecule has 1 N–H and O–H groups in total. The fourth-order valence-electron chi connectivity index (χ4n) is 1.71. The van der Waals surface area contributed by atoms with E-state index in [0.717, 1.165) is 23.4 Å². The van der Waals surface area contributed by atoms with Crippen LogP contribution in [0.25, 0.3) is 0 Å². The second kappa shape index (κ2) is 6.92. The highest BCUT2D eigenvalue weighted by molar-refractivity contribution is 7.85. The van der Waals surface area contributed by atoms with Crippen molar-refractivity contribution >= 4 is 10.8 Å². The van der Waals surface area contributed by atoms with Gasteiger partial charge in [0.1, 0.15) is 0 Å². The van der Waals surface area contributed by atoms with Crippen molar-refractivity contribution in [2.45, 2.75) is 50.3 Å². The van der Waals surface area contributed by atoms with Crippen LogP contribution in [0.15, 0.2) is 29.2 Å². The van der Waals surface area contributed by atoms with Gasteiger partial charge < -0.3 is 5.32 Å². The Bertz CT molecular complexity index is 378. The lowest BCUT2D eigenvalue weighted by Gasteiger charge is -2.21. The van der Waals surface area contributed by atoms with Crippen molar-refractivity contribution in [1.29, 1.82) is 0 Å². The Labute approximate surface area is 107 Å². The fraction of sp³-hybridized carbons (Fsp3) is 0.571. The zero-order chi connectivity index (χ0) is 12.8. The van der Waals surface area contributed by atoms with Crippen LogP contribution in [0.5, 0.6) is 0 Å². The summed E-state index contributed by atoms with van der Waals surface area (Å²) in [5.74, 6) is 0. The Morgan fingerprint density at radius 1 is 1.29 bits per heavy atom. The van der Waals surface area contributed by atoms with E-state index in [1.807, 2.05) is 31.2 Å². The predicted octanol–water partition coefficient (Wildman–Crippen LogP) is 2.88. The largest absolute Gasteiger partial charge is 0.313 e. The Morgan fingerprint density at radius 3 is 2.53 bits per heavy atom. The number of hydrogen-bond donors (Lipinski definition) is 1. The number of hydrogen-bond acceptors (Lipinski definition) is 2. The van der Waals surface area contributed by atoms with Gasteiger partial charge in [0.2, 0.25) is 0 Å². The lowest BCUT2D eigenvalue weighted by atomic mass is 10.2. The van der Waals surface area contributed by atoms with Gasteiger partial charge in [-0.3, -0.25) is 4.21 Å². The maximum Gasteiger partial charge on any atom is 0.0576 e. The molecule has 0 amide bonds. The molecule has 17 heavy (non-hydrogen) atoms. The molecule has 0 spiro atoms. The molecule has 1 aromatic carbocycles. The Kier molecular flexibility index (Phi) is 5.86. The molecule has 2 nitrogen and oxygen atoms in total. The summed E-state index contributed by atoms with van der Waals surface area (Å²) in [5.41, 5.74) is 1.11. The van der Waals surface area contributed by atoms with E-state index in [1.165, 1.54) is 0 Å². The van der Waals surface area contributed by atoms with Gasteiger partial charge in [-0.25, -0.2) is 0 Å². The summed E-state index contributed by atoms with van der Waals surface area (Å²) in [5, 5.41) is 3.54. The van der Waals surface area contributed by atoms with E-state index in [9.17, 15) is 4.21 Å². The van der Waals surface area contributed by atoms with Gasteiger partial charge in [-0.05, 0) is 45.4 Å². The summed E-state index contributed by atoms with van der Waals surface area (Å²) in [7, 11) is -0.936. The summed E-state index contributed by atoms with van der Waals surface area (Å²) >= 11 is 0. The average molecular weight is 253 g/mol. The summed E-state index contributed by atoms with van der Waals surface area (Å²) in [6.07, 6.45) is 1.11. The van der Waals surface area contributed by atoms with Crippen molar-refractivity contribution in [2.24, 2.45) is 0 Å². The van der Waals surface area contributed by atoms with E-state index >= 15 is 0 Å². The Balaban J connectivity index is 2.73. The molecule has 3 unspecified atom stereocenters. The van der Waals surface area contributed by atoms with E-state index in [4.69, 9.17) is 0 Å². The van der Waals surface area contributed by atoms with Gasteiger partial charge >= 0.3 is 0 Å². The van der Waals surface area contributed by atoms with Crippen LogP contribution in [0.4, 0.5) is 0 Å². The SMILES string of the molecule is CCCNC(C)C(C)S(=O)c1ccccc1C. The number of benzene rings is 1. The van der Waals surface area contributed by atoms with Crippen LogP contribution in [0.2, 0.25) is 0 Å². The van der Waals surface area contributed by atoms with Crippen molar-refractivity contribution < 1.29 is 4.21 Å². The monoisotopic (exact) mass is 253 g/mol. The summed E-state index contributed by atoms with van der Waals surface area (Å²) < 4.78 is 12.4. The normalized spacial score (nSPS) is 16.5. The van der Waals surface area contributed by atoms with Gasteiger partial charge in [0.05, 0.1) is 16.0 Å². The van der Waals surface area contributed by atoms with Gasteiger partial charge in [-0.15, -0.1) is 0 Å². The van der Waals surface area contributed by atoms with Gasteiger partial charge in [0.25, 0.3) is 0 Å². The summed E-state index contributed by atoms with van der Waals surface area (Å²) in [6, 6.07) is 8.20. The first-order valence-corrected chi connectivity index (χ1v) is 7.48. The van der Waals surface area contributed by atoms with E-state index in [1.54, 1.807) is 0 Å². The van der Waals surface area contributed by atoms with Crippen molar-refractivity contribution in [3.63, 3.8) is 0 Å². The first-order chi connectivity index (χ1) is 8.07. The molecule has 1 rings (SSSR count). The topological polar surface area (TPSA) is 29.1 Å². The number of rotatable bonds is 6. The smallest absolute Gasteiger partial charge is 0.0576 e. The molecule has 96 valence electrons. The maximum absolute atomic E-state index is 12.4. The van der Waals surface area contributed by atoms with Crippen LogP contribution >= 0.6 is 0 Å². The molecule has 1 aromatic rings. The van der Waals surface area contributed by atoms with Crippen LogP contribution < -0.4 is 5.32 Å². The van der Waals surface area contributed by atoms with Crippen LogP contribution in [0.1, 0.15) is 32.8 Å². The molecule has 0 aliphatic heterocycles. The van der Waals surface area contributed by atoms with Crippen LogP contribution in [-0.4, -0.2) is 22.0 Å². The predicted molar refractivity (Wildman–Crippen MR) is 74.8 cm³/mol. The highest BCUT2D eigenvalue weighted by Gasteiger charge is 2.20. The molecule has 0 aromatic heterocycles. The first kappa shape index (κ1) is 14.4.